The average molecular weight is 1450 g/mol. The molecule has 7 aromatic carbocycles. The lowest BCUT2D eigenvalue weighted by Crippen LogP contribution is -2.49. The van der Waals surface area contributed by atoms with Gasteiger partial charge in [0.25, 0.3) is 5.91 Å². The first-order valence-corrected chi connectivity index (χ1v) is 38.1. The normalized spacial score (nSPS) is 16.6. The van der Waals surface area contributed by atoms with Crippen molar-refractivity contribution in [2.45, 2.75) is 95.9 Å². The number of nitrogens with zero attached hydrogens (tertiary/aromatic N) is 11. The molecule has 5 aliphatic rings. The monoisotopic (exact) mass is 1450 g/mol. The van der Waals surface area contributed by atoms with Gasteiger partial charge >= 0.3 is 0 Å². The zero-order valence-corrected chi connectivity index (χ0v) is 62.9. The number of aliphatic hydroxyl groups excluding tert-OH is 1. The molecule has 8 heterocycles. The third kappa shape index (κ3) is 20.8. The number of anilines is 4. The number of carbonyl (C=O) groups excluding carboxylic acids is 2. The molecule has 0 bridgehead atoms. The number of amides is 2. The molecule has 2 atom stereocenters. The van der Waals surface area contributed by atoms with Crippen molar-refractivity contribution in [3.63, 3.8) is 0 Å². The lowest BCUT2D eigenvalue weighted by Gasteiger charge is -2.37. The number of aromatic amines is 1. The Labute approximate surface area is 629 Å². The number of hydrogen-bond donors (Lipinski definition) is 5. The van der Waals surface area contributed by atoms with Crippen LogP contribution in [0, 0.1) is 6.92 Å². The Balaban J connectivity index is 0.000000134. The Morgan fingerprint density at radius 3 is 2.07 bits per heavy atom. The van der Waals surface area contributed by atoms with E-state index in [1.165, 1.54) is 52.2 Å². The van der Waals surface area contributed by atoms with Crippen molar-refractivity contribution in [2.24, 2.45) is 0 Å². The molecule has 23 nitrogen and oxygen atoms in total. The number of H-pyrrole nitrogens is 1. The van der Waals surface area contributed by atoms with Crippen molar-refractivity contribution in [2.75, 3.05) is 160 Å². The molecule has 23 heteroatoms. The van der Waals surface area contributed by atoms with Crippen LogP contribution in [0.25, 0.3) is 32.6 Å². The summed E-state index contributed by atoms with van der Waals surface area (Å²) in [5, 5.41) is 29.7. The molecule has 6 N–H and O–H groups in total. The third-order valence-corrected chi connectivity index (χ3v) is 20.9. The fraction of sp³-hybridized carbons (Fsp3) is 0.429. The Bertz CT molecular complexity index is 4440. The number of β-amino-alcohol motifs (C(OH)–C–C–N with tert-alkyl or cyclic N) is 1. The first kappa shape index (κ1) is 76.6. The van der Waals surface area contributed by atoms with E-state index in [-0.39, 0.29) is 24.0 Å². The number of nitrogen functional groups attached to an aromatic ring is 1. The van der Waals surface area contributed by atoms with Gasteiger partial charge in [0, 0.05) is 182 Å². The van der Waals surface area contributed by atoms with E-state index in [0.717, 1.165) is 170 Å². The van der Waals surface area contributed by atoms with Crippen LogP contribution in [0.3, 0.4) is 0 Å². The van der Waals surface area contributed by atoms with Gasteiger partial charge in [-0.15, -0.1) is 10.2 Å². The number of piperazine rings is 2. The van der Waals surface area contributed by atoms with Crippen molar-refractivity contribution < 1.29 is 38.4 Å². The second-order valence-electron chi connectivity index (χ2n) is 28.2. The van der Waals surface area contributed by atoms with Crippen LogP contribution in [-0.4, -0.2) is 219 Å². The predicted octanol–water partition coefficient (Wildman–Crippen LogP) is 10.7. The Morgan fingerprint density at radius 2 is 1.31 bits per heavy atom. The molecule has 2 unspecified atom stereocenters. The van der Waals surface area contributed by atoms with Crippen LogP contribution in [0.5, 0.6) is 23.0 Å². The number of aromatic nitrogens is 6. The number of rotatable bonds is 24. The number of methoxy groups -OCH3 is 3. The van der Waals surface area contributed by atoms with Gasteiger partial charge in [-0.3, -0.25) is 19.4 Å². The second kappa shape index (κ2) is 38.5. The highest BCUT2D eigenvalue weighted by molar-refractivity contribution is 5.94. The van der Waals surface area contributed by atoms with Gasteiger partial charge in [-0.2, -0.15) is 4.98 Å². The number of aryl methyl sites for hydroxylation is 2. The number of para-hydroxylation sites is 4. The Hall–Kier alpha value is -10.0. The summed E-state index contributed by atoms with van der Waals surface area (Å²) in [6.45, 7) is 18.5. The summed E-state index contributed by atoms with van der Waals surface area (Å²) in [6, 6.07) is 52.8. The van der Waals surface area contributed by atoms with E-state index in [2.05, 4.69) is 145 Å². The number of nitrogens with one attached hydrogen (secondary N) is 3. The van der Waals surface area contributed by atoms with Gasteiger partial charge in [0.2, 0.25) is 11.9 Å². The first-order chi connectivity index (χ1) is 52.4. The van der Waals surface area contributed by atoms with E-state index in [0.29, 0.717) is 67.0 Å². The number of benzene rings is 7. The van der Waals surface area contributed by atoms with Crippen LogP contribution in [0.4, 0.5) is 23.1 Å². The first-order valence-electron chi connectivity index (χ1n) is 38.1. The van der Waals surface area contributed by atoms with Gasteiger partial charge in [0.05, 0.1) is 32.5 Å². The standard InChI is InChI=1S/C24H28N2O3.C22H25N3O.C19H27N5O4.C19H27N5/c1-28-24-11-5-4-10-22(24)26-15-13-25(14-16-26)17-20(27)18-29-23-12-6-8-19-7-2-3-9-21(19)23;26-22(17-6-2-1-3-7-17)24-19-11-14-25(15-12-19)13-10-18-16-23-21-9-5-4-8-20(18)21;1-24(8-5-7-21-18(25)14-6-4-9-28-14)19-22-13-11-16(27-3)15(26-2)10-12(13)17(20)23-19;1-16-6-2-3-7-17(16)23-14-12-22(13-15-23)11-9-19-21-20-18-8-4-5-10-24(18)19/h2-12,20,27H,13-18H2,1H3;1-9,16,19,23H,10-15H2,(H,24,26);10-11,14H,4-9H2,1-3H3,(H,21,25)(H2,20,22,23);2-3,6-7H,4-5,8-15H2,1H3. The number of fused-ring (bicyclic) bond motifs is 4. The fourth-order valence-electron chi connectivity index (χ4n) is 14.8. The maximum absolute atomic E-state index is 12.3. The summed E-state index contributed by atoms with van der Waals surface area (Å²) in [5.74, 6) is 6.17. The Kier molecular flexibility index (Phi) is 27.5. The van der Waals surface area contributed by atoms with Gasteiger partial charge < -0.3 is 74.3 Å². The van der Waals surface area contributed by atoms with Crippen LogP contribution in [0.15, 0.2) is 164 Å². The molecule has 0 aliphatic carbocycles. The highest BCUT2D eigenvalue weighted by Gasteiger charge is 2.27. The molecule has 0 saturated carbocycles. The molecule has 566 valence electrons. The van der Waals surface area contributed by atoms with E-state index in [1.807, 2.05) is 90.8 Å². The lowest BCUT2D eigenvalue weighted by molar-refractivity contribution is -0.130. The van der Waals surface area contributed by atoms with E-state index >= 15 is 0 Å². The summed E-state index contributed by atoms with van der Waals surface area (Å²) >= 11 is 0. The summed E-state index contributed by atoms with van der Waals surface area (Å²) in [5.41, 5.74) is 14.1. The maximum Gasteiger partial charge on any atom is 0.251 e. The van der Waals surface area contributed by atoms with E-state index in [1.54, 1.807) is 33.5 Å². The van der Waals surface area contributed by atoms with E-state index in [9.17, 15) is 14.7 Å². The third-order valence-electron chi connectivity index (χ3n) is 20.9. The maximum atomic E-state index is 12.3. The highest BCUT2D eigenvalue weighted by Crippen LogP contribution is 2.35. The van der Waals surface area contributed by atoms with Crippen LogP contribution in [-0.2, 0) is 35.3 Å². The van der Waals surface area contributed by atoms with Gasteiger partial charge in [0.1, 0.15) is 47.8 Å². The Morgan fingerprint density at radius 1 is 0.654 bits per heavy atom. The molecule has 0 spiro atoms. The van der Waals surface area contributed by atoms with Crippen LogP contribution in [0.2, 0.25) is 0 Å². The molecule has 5 aliphatic heterocycles. The number of likely N-dealkylation sites (tertiary alicyclic amines) is 1. The van der Waals surface area contributed by atoms with Crippen LogP contribution in [0.1, 0.15) is 78.1 Å². The lowest BCUT2D eigenvalue weighted by atomic mass is 10.0. The number of nitrogens with two attached hydrogens (primary N) is 1. The number of carbonyl (C=O) groups is 2. The largest absolute Gasteiger partial charge is 0.495 e. The van der Waals surface area contributed by atoms with Crippen molar-refractivity contribution in [3.05, 3.63) is 192 Å². The number of piperidine rings is 1. The molecule has 107 heavy (non-hydrogen) atoms. The van der Waals surface area contributed by atoms with Gasteiger partial charge in [-0.05, 0) is 123 Å². The van der Waals surface area contributed by atoms with E-state index < -0.39 is 6.10 Å². The zero-order chi connectivity index (χ0) is 74.3. The van der Waals surface area contributed by atoms with Gasteiger partial charge in [0.15, 0.2) is 11.5 Å². The average Bonchev–Trinajstić information content (AvgIpc) is 1.59. The minimum Gasteiger partial charge on any atom is -0.495 e. The van der Waals surface area contributed by atoms with Crippen molar-refractivity contribution in [1.82, 2.24) is 55.0 Å². The second-order valence-corrected chi connectivity index (χ2v) is 28.2. The number of aliphatic hydroxyl groups is 1. The number of hydrogen-bond acceptors (Lipinski definition) is 19. The molecular weight excluding hydrogens is 1350 g/mol. The molecule has 10 aromatic rings. The minimum atomic E-state index is -0.522. The molecule has 4 saturated heterocycles. The molecule has 3 aromatic heterocycles. The smallest absolute Gasteiger partial charge is 0.251 e. The fourth-order valence-corrected chi connectivity index (χ4v) is 14.8. The molecular formula is C84H107N15O8. The number of ether oxygens (including phenoxy) is 5. The minimum absolute atomic E-state index is 0.0348. The summed E-state index contributed by atoms with van der Waals surface area (Å²) in [6.07, 6.45) is 11.6. The zero-order valence-electron chi connectivity index (χ0n) is 62.9. The summed E-state index contributed by atoms with van der Waals surface area (Å²) < 4.78 is 29.8. The summed E-state index contributed by atoms with van der Waals surface area (Å²) in [4.78, 5) is 50.7. The van der Waals surface area contributed by atoms with Crippen LogP contribution >= 0.6 is 0 Å². The molecule has 15 rings (SSSR count). The van der Waals surface area contributed by atoms with Gasteiger partial charge in [-0.25, -0.2) is 4.98 Å². The molecule has 2 amide bonds. The molecule has 4 fully saturated rings. The van der Waals surface area contributed by atoms with Crippen LogP contribution < -0.4 is 50.0 Å². The SMILES string of the molecule is COc1cc2nc(N(C)CCCNC(=O)C3CCCO3)nc(N)c2cc1OC.COc1ccccc1N1CCN(CC(O)COc2cccc3ccccc23)CC1.Cc1ccccc1N1CCN(CCc2nnc3n2CCCC3)CC1.O=C(NC1CCN(CCc2c[nH]c3ccccc23)CC1)c1ccccc1. The predicted molar refractivity (Wildman–Crippen MR) is 426 cm³/mol. The quantitative estimate of drug-likeness (QED) is 0.0353. The van der Waals surface area contributed by atoms with Gasteiger partial charge in [-0.1, -0.05) is 103 Å². The molecule has 0 radical (unpaired) electrons. The highest BCUT2D eigenvalue weighted by atomic mass is 16.5. The summed E-state index contributed by atoms with van der Waals surface area (Å²) in [7, 11) is 6.75. The van der Waals surface area contributed by atoms with Crippen molar-refractivity contribution >= 4 is 67.5 Å². The van der Waals surface area contributed by atoms with E-state index in [4.69, 9.17) is 29.4 Å². The van der Waals surface area contributed by atoms with Crippen molar-refractivity contribution in [1.29, 1.82) is 0 Å². The van der Waals surface area contributed by atoms with Crippen molar-refractivity contribution in [3.8, 4) is 23.0 Å². The topological polar surface area (TPSA) is 242 Å².